The van der Waals surface area contributed by atoms with Crippen LogP contribution in [0.1, 0.15) is 0 Å². The summed E-state index contributed by atoms with van der Waals surface area (Å²) in [5.41, 5.74) is 0.789. The highest BCUT2D eigenvalue weighted by Crippen LogP contribution is 2.31. The minimum Gasteiger partial charge on any atom is -0.504 e. The fraction of sp³-hybridized carbons (Fsp3) is 0.0667. The Morgan fingerprint density at radius 2 is 1.62 bits per heavy atom. The molecule has 4 N–H and O–H groups in total. The third-order valence-electron chi connectivity index (χ3n) is 3.41. The van der Waals surface area contributed by atoms with E-state index in [2.05, 4.69) is 24.2 Å². The number of nitrogens with one attached hydrogen (secondary N) is 3. The number of sulfonamides is 1. The molecule has 0 fully saturated rings. The number of phenols is 1. The van der Waals surface area contributed by atoms with Crippen molar-refractivity contribution in [1.29, 1.82) is 0 Å². The normalized spacial score (nSPS) is 16.7. The molecule has 0 amide bonds. The standard InChI is InChI=1S/C15H15N5O4S2/c1-16-26(23,24)12-9-5-8-11(13(12)21)18-15-14(19-25(22)20-15)17-10-6-3-2-4-7-10/h2-9,16,21H,1H3,(H,17,19)(H,18,20). The Morgan fingerprint density at radius 3 is 2.27 bits per heavy atom. The van der Waals surface area contributed by atoms with Gasteiger partial charge in [-0.25, -0.2) is 17.3 Å². The lowest BCUT2D eigenvalue weighted by molar-refractivity contribution is 0.461. The van der Waals surface area contributed by atoms with E-state index in [0.29, 0.717) is 5.69 Å². The molecule has 1 heterocycles. The molecule has 1 aliphatic heterocycles. The molecule has 1 unspecified atom stereocenters. The molecule has 0 saturated carbocycles. The van der Waals surface area contributed by atoms with Gasteiger partial charge in [-0.1, -0.05) is 24.3 Å². The first-order chi connectivity index (χ1) is 12.4. The third-order valence-corrected chi connectivity index (χ3v) is 5.53. The van der Waals surface area contributed by atoms with Gasteiger partial charge in [0.1, 0.15) is 4.90 Å². The largest absolute Gasteiger partial charge is 0.504 e. The number of rotatable bonds is 4. The van der Waals surface area contributed by atoms with Crippen LogP contribution in [-0.2, 0) is 21.2 Å². The number of para-hydroxylation sites is 2. The van der Waals surface area contributed by atoms with Crippen LogP contribution < -0.4 is 15.4 Å². The van der Waals surface area contributed by atoms with Crippen molar-refractivity contribution < 1.29 is 17.7 Å². The summed E-state index contributed by atoms with van der Waals surface area (Å²) in [7, 11) is -2.60. The summed E-state index contributed by atoms with van der Waals surface area (Å²) in [6.45, 7) is 0. The van der Waals surface area contributed by atoms with Gasteiger partial charge in [0, 0.05) is 5.69 Å². The van der Waals surface area contributed by atoms with E-state index in [9.17, 15) is 17.7 Å². The molecule has 0 radical (unpaired) electrons. The highest BCUT2D eigenvalue weighted by Gasteiger charge is 2.23. The van der Waals surface area contributed by atoms with Crippen LogP contribution in [0.25, 0.3) is 0 Å². The number of hydrogen-bond donors (Lipinski definition) is 4. The van der Waals surface area contributed by atoms with Gasteiger partial charge in [0.2, 0.25) is 10.0 Å². The van der Waals surface area contributed by atoms with E-state index in [1.165, 1.54) is 25.2 Å². The predicted octanol–water partition coefficient (Wildman–Crippen LogP) is 1.21. The number of amidine groups is 2. The molecule has 26 heavy (non-hydrogen) atoms. The predicted molar refractivity (Wildman–Crippen MR) is 101 cm³/mol. The van der Waals surface area contributed by atoms with Crippen molar-refractivity contribution in [2.75, 3.05) is 17.7 Å². The van der Waals surface area contributed by atoms with E-state index in [1.54, 1.807) is 12.1 Å². The van der Waals surface area contributed by atoms with E-state index in [0.717, 1.165) is 0 Å². The number of hydrogen-bond acceptors (Lipinski definition) is 6. The van der Waals surface area contributed by atoms with Gasteiger partial charge in [-0.05, 0) is 31.3 Å². The molecular formula is C15H15N5O4S2. The van der Waals surface area contributed by atoms with Crippen molar-refractivity contribution in [3.63, 3.8) is 0 Å². The van der Waals surface area contributed by atoms with Gasteiger partial charge in [0.05, 0.1) is 5.69 Å². The highest BCUT2D eigenvalue weighted by molar-refractivity contribution is 7.89. The average molecular weight is 393 g/mol. The minimum atomic E-state index is -3.84. The zero-order chi connectivity index (χ0) is 18.7. The van der Waals surface area contributed by atoms with E-state index in [1.807, 2.05) is 18.2 Å². The lowest BCUT2D eigenvalue weighted by atomic mass is 10.2. The molecule has 1 atom stereocenters. The lowest BCUT2D eigenvalue weighted by Crippen LogP contribution is -2.27. The fourth-order valence-electron chi connectivity index (χ4n) is 2.16. The van der Waals surface area contributed by atoms with Crippen LogP contribution in [0.15, 0.2) is 62.2 Å². The summed E-state index contributed by atoms with van der Waals surface area (Å²) >= 11 is -1.82. The number of benzene rings is 2. The van der Waals surface area contributed by atoms with Crippen LogP contribution in [0.3, 0.4) is 0 Å². The van der Waals surface area contributed by atoms with Crippen LogP contribution in [0, 0.1) is 0 Å². The van der Waals surface area contributed by atoms with E-state index in [4.69, 9.17) is 0 Å². The molecule has 0 aliphatic carbocycles. The number of nitrogens with zero attached hydrogens (tertiary/aromatic N) is 2. The molecule has 136 valence electrons. The Bertz CT molecular complexity index is 1020. The van der Waals surface area contributed by atoms with Gasteiger partial charge < -0.3 is 15.7 Å². The molecule has 3 rings (SSSR count). The first-order valence-corrected chi connectivity index (χ1v) is 9.90. The molecule has 0 saturated heterocycles. The smallest absolute Gasteiger partial charge is 0.269 e. The van der Waals surface area contributed by atoms with Gasteiger partial charge in [0.15, 0.2) is 17.4 Å². The fourth-order valence-corrected chi connectivity index (χ4v) is 3.62. The first kappa shape index (κ1) is 18.0. The Hall–Kier alpha value is -2.76. The second-order valence-corrected chi connectivity index (χ2v) is 7.77. The molecule has 2 aromatic rings. The molecular weight excluding hydrogens is 378 g/mol. The third kappa shape index (κ3) is 3.74. The average Bonchev–Trinajstić information content (AvgIpc) is 2.96. The van der Waals surface area contributed by atoms with Gasteiger partial charge in [-0.15, -0.1) is 8.80 Å². The van der Waals surface area contributed by atoms with Gasteiger partial charge in [0.25, 0.3) is 11.2 Å². The molecule has 2 aromatic carbocycles. The summed E-state index contributed by atoms with van der Waals surface area (Å²) in [4.78, 5) is -0.292. The zero-order valence-electron chi connectivity index (χ0n) is 13.5. The molecule has 11 heteroatoms. The molecule has 0 spiro atoms. The Kier molecular flexibility index (Phi) is 5.02. The SMILES string of the molecule is CNS(=O)(=O)c1cccc(NC2=NS(=O)N=C2Nc2ccccc2)c1O. The number of anilines is 2. The van der Waals surface area contributed by atoms with E-state index in [-0.39, 0.29) is 22.3 Å². The highest BCUT2D eigenvalue weighted by atomic mass is 32.2. The van der Waals surface area contributed by atoms with Crippen molar-refractivity contribution in [3.05, 3.63) is 48.5 Å². The minimum absolute atomic E-state index is 0.0848. The van der Waals surface area contributed by atoms with Gasteiger partial charge >= 0.3 is 0 Å². The van der Waals surface area contributed by atoms with Crippen LogP contribution in [0.2, 0.25) is 0 Å². The summed E-state index contributed by atoms with van der Waals surface area (Å²) in [5, 5.41) is 16.0. The van der Waals surface area contributed by atoms with Crippen molar-refractivity contribution in [2.24, 2.45) is 8.80 Å². The van der Waals surface area contributed by atoms with Crippen LogP contribution in [0.5, 0.6) is 5.75 Å². The molecule has 1 aliphatic rings. The topological polar surface area (TPSA) is 132 Å². The second kappa shape index (κ2) is 7.23. The second-order valence-electron chi connectivity index (χ2n) is 5.09. The van der Waals surface area contributed by atoms with Gasteiger partial charge in [-0.3, -0.25) is 0 Å². The molecule has 0 bridgehead atoms. The molecule has 0 aromatic heterocycles. The van der Waals surface area contributed by atoms with Crippen molar-refractivity contribution in [2.45, 2.75) is 4.90 Å². The summed E-state index contributed by atoms with van der Waals surface area (Å²) < 4.78 is 45.5. The monoisotopic (exact) mass is 393 g/mol. The number of phenolic OH excluding ortho intramolecular Hbond substituents is 1. The Morgan fingerprint density at radius 1 is 0.962 bits per heavy atom. The maximum atomic E-state index is 12.0. The van der Waals surface area contributed by atoms with Gasteiger partial charge in [-0.2, -0.15) is 0 Å². The molecule has 9 nitrogen and oxygen atoms in total. The quantitative estimate of drug-likeness (QED) is 0.577. The van der Waals surface area contributed by atoms with Crippen molar-refractivity contribution in [3.8, 4) is 5.75 Å². The van der Waals surface area contributed by atoms with Crippen LogP contribution >= 0.6 is 0 Å². The van der Waals surface area contributed by atoms with Crippen molar-refractivity contribution in [1.82, 2.24) is 4.72 Å². The lowest BCUT2D eigenvalue weighted by Gasteiger charge is -2.13. The first-order valence-electron chi connectivity index (χ1n) is 7.35. The van der Waals surface area contributed by atoms with Crippen LogP contribution in [-0.4, -0.2) is 36.5 Å². The maximum Gasteiger partial charge on any atom is 0.269 e. The van der Waals surface area contributed by atoms with Crippen LogP contribution in [0.4, 0.5) is 11.4 Å². The number of aromatic hydroxyl groups is 1. The van der Waals surface area contributed by atoms with E-state index < -0.39 is 26.9 Å². The maximum absolute atomic E-state index is 12.0. The zero-order valence-corrected chi connectivity index (χ0v) is 15.1. The Labute approximate surface area is 152 Å². The summed E-state index contributed by atoms with van der Waals surface area (Å²) in [5.74, 6) is -0.168. The summed E-state index contributed by atoms with van der Waals surface area (Å²) in [6, 6.07) is 13.2. The Balaban J connectivity index is 1.89. The van der Waals surface area contributed by atoms with Crippen molar-refractivity contribution >= 4 is 44.2 Å². The van der Waals surface area contributed by atoms with E-state index >= 15 is 0 Å². The summed E-state index contributed by atoms with van der Waals surface area (Å²) in [6.07, 6.45) is 0.